The molecule has 17 heavy (non-hydrogen) atoms. The largest absolute Gasteiger partial charge is 0.351 e. The summed E-state index contributed by atoms with van der Waals surface area (Å²) in [5.41, 5.74) is 1.58. The predicted molar refractivity (Wildman–Crippen MR) is 72.5 cm³/mol. The second kappa shape index (κ2) is 6.79. The van der Waals surface area contributed by atoms with Gasteiger partial charge in [0.25, 0.3) is 5.91 Å². The first kappa shape index (κ1) is 14.2. The summed E-state index contributed by atoms with van der Waals surface area (Å²) < 4.78 is 1.64. The second-order valence-electron chi connectivity index (χ2n) is 4.05. The molecular weight excluding hydrogens is 282 g/mol. The maximum atomic E-state index is 11.9. The zero-order chi connectivity index (χ0) is 12.8. The summed E-state index contributed by atoms with van der Waals surface area (Å²) in [6.45, 7) is 4.84. The lowest BCUT2D eigenvalue weighted by molar-refractivity contribution is 0.0944. The number of nitrogens with zero attached hydrogens (tertiary/aromatic N) is 2. The Kier molecular flexibility index (Phi) is 5.68. The number of aryl methyl sites for hydroxylation is 2. The number of nitrogens with one attached hydrogen (secondary N) is 1. The molecule has 0 bridgehead atoms. The van der Waals surface area contributed by atoms with Crippen LogP contribution in [0.15, 0.2) is 6.07 Å². The van der Waals surface area contributed by atoms with Gasteiger partial charge in [0.1, 0.15) is 5.69 Å². The van der Waals surface area contributed by atoms with Crippen molar-refractivity contribution in [1.82, 2.24) is 15.1 Å². The van der Waals surface area contributed by atoms with E-state index in [4.69, 9.17) is 0 Å². The van der Waals surface area contributed by atoms with Crippen LogP contribution < -0.4 is 5.32 Å². The smallest absolute Gasteiger partial charge is 0.269 e. The van der Waals surface area contributed by atoms with Crippen molar-refractivity contribution < 1.29 is 4.79 Å². The first-order valence-corrected chi connectivity index (χ1v) is 6.95. The molecule has 0 aromatic carbocycles. The van der Waals surface area contributed by atoms with Crippen LogP contribution in [0.3, 0.4) is 0 Å². The van der Waals surface area contributed by atoms with E-state index in [9.17, 15) is 4.79 Å². The molecule has 1 rings (SSSR count). The van der Waals surface area contributed by atoms with Gasteiger partial charge in [0.15, 0.2) is 0 Å². The first-order chi connectivity index (χ1) is 8.08. The van der Waals surface area contributed by atoms with Gasteiger partial charge in [-0.15, -0.1) is 0 Å². The highest BCUT2D eigenvalue weighted by Gasteiger charge is 2.12. The number of hydrogen-bond donors (Lipinski definition) is 1. The number of amides is 1. The standard InChI is InChI=1S/C12H20BrN3O/c1-4-9(13)6-7-14-12(17)11-8-10(5-2)15-16(11)3/h8-9H,4-7H2,1-3H3,(H,14,17). The van der Waals surface area contributed by atoms with Crippen LogP contribution in [0, 0.1) is 0 Å². The summed E-state index contributed by atoms with van der Waals surface area (Å²) in [5, 5.41) is 7.17. The van der Waals surface area contributed by atoms with Gasteiger partial charge in [-0.3, -0.25) is 9.48 Å². The van der Waals surface area contributed by atoms with Gasteiger partial charge in [-0.2, -0.15) is 5.10 Å². The van der Waals surface area contributed by atoms with Crippen LogP contribution >= 0.6 is 15.9 Å². The van der Waals surface area contributed by atoms with Gasteiger partial charge >= 0.3 is 0 Å². The molecule has 5 heteroatoms. The fourth-order valence-electron chi connectivity index (χ4n) is 1.55. The van der Waals surface area contributed by atoms with Gasteiger partial charge in [-0.1, -0.05) is 29.8 Å². The number of rotatable bonds is 6. The molecule has 1 amide bonds. The minimum Gasteiger partial charge on any atom is -0.351 e. The molecule has 4 nitrogen and oxygen atoms in total. The Labute approximate surface area is 111 Å². The zero-order valence-electron chi connectivity index (χ0n) is 10.7. The fraction of sp³-hybridized carbons (Fsp3) is 0.667. The highest BCUT2D eigenvalue weighted by molar-refractivity contribution is 9.09. The van der Waals surface area contributed by atoms with Crippen molar-refractivity contribution in [3.8, 4) is 0 Å². The molecule has 96 valence electrons. The summed E-state index contributed by atoms with van der Waals surface area (Å²) in [7, 11) is 1.80. The van der Waals surface area contributed by atoms with Gasteiger partial charge in [0.2, 0.25) is 0 Å². The monoisotopic (exact) mass is 301 g/mol. The molecule has 0 aliphatic heterocycles. The normalized spacial score (nSPS) is 12.5. The summed E-state index contributed by atoms with van der Waals surface area (Å²) in [5.74, 6) is -0.0458. The third-order valence-electron chi connectivity index (χ3n) is 2.71. The number of hydrogen-bond acceptors (Lipinski definition) is 2. The molecule has 0 saturated carbocycles. The minimum absolute atomic E-state index is 0.0458. The van der Waals surface area contributed by atoms with Crippen LogP contribution in [0.5, 0.6) is 0 Å². The molecule has 1 unspecified atom stereocenters. The Hall–Kier alpha value is -0.840. The van der Waals surface area contributed by atoms with Crippen molar-refractivity contribution in [3.63, 3.8) is 0 Å². The molecule has 0 spiro atoms. The number of aromatic nitrogens is 2. The van der Waals surface area contributed by atoms with E-state index in [0.29, 0.717) is 17.1 Å². The molecule has 1 aromatic heterocycles. The number of carbonyl (C=O) groups is 1. The number of halogens is 1. The van der Waals surface area contributed by atoms with Gasteiger partial charge in [0, 0.05) is 18.4 Å². The third kappa shape index (κ3) is 4.15. The molecule has 0 radical (unpaired) electrons. The van der Waals surface area contributed by atoms with E-state index in [1.807, 2.05) is 13.0 Å². The maximum absolute atomic E-state index is 11.9. The Morgan fingerprint density at radius 3 is 2.82 bits per heavy atom. The van der Waals surface area contributed by atoms with E-state index in [1.54, 1.807) is 11.7 Å². The van der Waals surface area contributed by atoms with Crippen LogP contribution in [0.25, 0.3) is 0 Å². The van der Waals surface area contributed by atoms with Gasteiger partial charge in [-0.05, 0) is 25.3 Å². The van der Waals surface area contributed by atoms with E-state index in [1.165, 1.54) is 0 Å². The van der Waals surface area contributed by atoms with Gasteiger partial charge < -0.3 is 5.32 Å². The van der Waals surface area contributed by atoms with Crippen LogP contribution in [-0.2, 0) is 13.5 Å². The van der Waals surface area contributed by atoms with Crippen LogP contribution in [-0.4, -0.2) is 27.1 Å². The summed E-state index contributed by atoms with van der Waals surface area (Å²) in [4.78, 5) is 12.4. The van der Waals surface area contributed by atoms with Crippen molar-refractivity contribution in [2.45, 2.75) is 37.9 Å². The lowest BCUT2D eigenvalue weighted by Crippen LogP contribution is -2.27. The molecule has 0 aliphatic carbocycles. The molecule has 1 N–H and O–H groups in total. The average molecular weight is 302 g/mol. The van der Waals surface area contributed by atoms with Crippen LogP contribution in [0.4, 0.5) is 0 Å². The van der Waals surface area contributed by atoms with Crippen molar-refractivity contribution in [2.24, 2.45) is 7.05 Å². The summed E-state index contributed by atoms with van der Waals surface area (Å²) >= 11 is 3.54. The van der Waals surface area contributed by atoms with Crippen LogP contribution in [0.2, 0.25) is 0 Å². The predicted octanol–water partition coefficient (Wildman–Crippen LogP) is 2.28. The third-order valence-corrected chi connectivity index (χ3v) is 3.82. The Morgan fingerprint density at radius 1 is 1.59 bits per heavy atom. The highest BCUT2D eigenvalue weighted by Crippen LogP contribution is 2.08. The quantitative estimate of drug-likeness (QED) is 0.820. The van der Waals surface area contributed by atoms with E-state index in [0.717, 1.165) is 25.0 Å². The van der Waals surface area contributed by atoms with Crippen molar-refractivity contribution in [3.05, 3.63) is 17.5 Å². The molecule has 0 aliphatic rings. The zero-order valence-corrected chi connectivity index (χ0v) is 12.2. The molecule has 1 heterocycles. The Bertz CT molecular complexity index is 376. The minimum atomic E-state index is -0.0458. The summed E-state index contributed by atoms with van der Waals surface area (Å²) in [6.07, 6.45) is 2.86. The van der Waals surface area contributed by atoms with Gasteiger partial charge in [0.05, 0.1) is 5.69 Å². The van der Waals surface area contributed by atoms with E-state index < -0.39 is 0 Å². The maximum Gasteiger partial charge on any atom is 0.269 e. The van der Waals surface area contributed by atoms with Gasteiger partial charge in [-0.25, -0.2) is 0 Å². The topological polar surface area (TPSA) is 46.9 Å². The second-order valence-corrected chi connectivity index (χ2v) is 5.34. The van der Waals surface area contributed by atoms with E-state index in [2.05, 4.69) is 33.3 Å². The summed E-state index contributed by atoms with van der Waals surface area (Å²) in [6, 6.07) is 1.85. The number of alkyl halides is 1. The highest BCUT2D eigenvalue weighted by atomic mass is 79.9. The number of carbonyl (C=O) groups excluding carboxylic acids is 1. The Balaban J connectivity index is 2.49. The van der Waals surface area contributed by atoms with Crippen molar-refractivity contribution in [1.29, 1.82) is 0 Å². The molecule has 0 fully saturated rings. The van der Waals surface area contributed by atoms with Crippen molar-refractivity contribution >= 4 is 21.8 Å². The first-order valence-electron chi connectivity index (χ1n) is 6.03. The van der Waals surface area contributed by atoms with E-state index >= 15 is 0 Å². The Morgan fingerprint density at radius 2 is 2.29 bits per heavy atom. The lowest BCUT2D eigenvalue weighted by atomic mass is 10.2. The molecule has 0 saturated heterocycles. The van der Waals surface area contributed by atoms with E-state index in [-0.39, 0.29) is 5.91 Å². The average Bonchev–Trinajstić information content (AvgIpc) is 2.70. The molecule has 1 atom stereocenters. The van der Waals surface area contributed by atoms with Crippen molar-refractivity contribution in [2.75, 3.05) is 6.54 Å². The SMILES string of the molecule is CCc1cc(C(=O)NCCC(Br)CC)n(C)n1. The van der Waals surface area contributed by atoms with Crippen LogP contribution in [0.1, 0.15) is 42.9 Å². The fourth-order valence-corrected chi connectivity index (χ4v) is 1.78. The lowest BCUT2D eigenvalue weighted by Gasteiger charge is -2.08. The molecular formula is C12H20BrN3O. The molecule has 1 aromatic rings.